The van der Waals surface area contributed by atoms with E-state index >= 15 is 0 Å². The normalized spacial score (nSPS) is 30.0. The van der Waals surface area contributed by atoms with Crippen LogP contribution in [0.2, 0.25) is 0 Å². The molecule has 0 spiro atoms. The minimum Gasteiger partial charge on any atom is -0.330 e. The van der Waals surface area contributed by atoms with Crippen molar-refractivity contribution in [2.45, 2.75) is 51.1 Å². The third-order valence-corrected chi connectivity index (χ3v) is 4.30. The van der Waals surface area contributed by atoms with Gasteiger partial charge in [-0.25, -0.2) is 0 Å². The quantitative estimate of drug-likeness (QED) is 0.765. The molecule has 2 unspecified atom stereocenters. The van der Waals surface area contributed by atoms with E-state index in [1.807, 2.05) is 0 Å². The molecule has 2 fully saturated rings. The second kappa shape index (κ2) is 5.99. The zero-order chi connectivity index (χ0) is 11.4. The lowest BCUT2D eigenvalue weighted by Gasteiger charge is -2.27. The van der Waals surface area contributed by atoms with E-state index in [0.29, 0.717) is 0 Å². The minimum absolute atomic E-state index is 0.733. The van der Waals surface area contributed by atoms with Crippen LogP contribution in [0.25, 0.3) is 0 Å². The molecule has 0 aliphatic carbocycles. The molecule has 2 atom stereocenters. The van der Waals surface area contributed by atoms with Crippen LogP contribution in [-0.4, -0.2) is 54.6 Å². The molecular formula is C13H27N3. The highest BCUT2D eigenvalue weighted by molar-refractivity contribution is 4.87. The van der Waals surface area contributed by atoms with Gasteiger partial charge in [0, 0.05) is 25.2 Å². The fourth-order valence-electron chi connectivity index (χ4n) is 3.17. The van der Waals surface area contributed by atoms with Crippen molar-refractivity contribution in [1.82, 2.24) is 9.80 Å². The summed E-state index contributed by atoms with van der Waals surface area (Å²) in [6, 6.07) is 1.58. The van der Waals surface area contributed by atoms with Gasteiger partial charge in [0.15, 0.2) is 0 Å². The van der Waals surface area contributed by atoms with Gasteiger partial charge in [-0.2, -0.15) is 0 Å². The zero-order valence-corrected chi connectivity index (χ0v) is 10.7. The minimum atomic E-state index is 0.733. The highest BCUT2D eigenvalue weighted by Crippen LogP contribution is 2.22. The first-order valence-corrected chi connectivity index (χ1v) is 6.99. The Morgan fingerprint density at radius 2 is 2.00 bits per heavy atom. The van der Waals surface area contributed by atoms with Gasteiger partial charge in [-0.3, -0.25) is 9.80 Å². The molecule has 2 aliphatic heterocycles. The van der Waals surface area contributed by atoms with Crippen LogP contribution in [0.3, 0.4) is 0 Å². The highest BCUT2D eigenvalue weighted by atomic mass is 15.3. The molecule has 94 valence electrons. The molecule has 3 heteroatoms. The van der Waals surface area contributed by atoms with Gasteiger partial charge >= 0.3 is 0 Å². The Kier molecular flexibility index (Phi) is 4.62. The third-order valence-electron chi connectivity index (χ3n) is 4.30. The van der Waals surface area contributed by atoms with Crippen LogP contribution < -0.4 is 5.73 Å². The Labute approximate surface area is 100.0 Å². The van der Waals surface area contributed by atoms with Crippen molar-refractivity contribution >= 4 is 0 Å². The number of nitrogens with two attached hydrogens (primary N) is 1. The molecule has 0 bridgehead atoms. The number of rotatable bonds is 5. The topological polar surface area (TPSA) is 32.5 Å². The third kappa shape index (κ3) is 2.96. The SMILES string of the molecule is CC(CCCN)N1CCC(N2CCCC2)C1. The van der Waals surface area contributed by atoms with E-state index in [1.165, 1.54) is 58.3 Å². The predicted octanol–water partition coefficient (Wildman–Crippen LogP) is 1.28. The summed E-state index contributed by atoms with van der Waals surface area (Å²) in [6.45, 7) is 8.49. The van der Waals surface area contributed by atoms with Crippen molar-refractivity contribution in [3.05, 3.63) is 0 Å². The number of likely N-dealkylation sites (tertiary alicyclic amines) is 2. The molecule has 3 nitrogen and oxygen atoms in total. The number of hydrogen-bond donors (Lipinski definition) is 1. The van der Waals surface area contributed by atoms with Crippen LogP contribution in [0.4, 0.5) is 0 Å². The summed E-state index contributed by atoms with van der Waals surface area (Å²) < 4.78 is 0. The van der Waals surface area contributed by atoms with E-state index in [-0.39, 0.29) is 0 Å². The first kappa shape index (κ1) is 12.3. The van der Waals surface area contributed by atoms with E-state index in [4.69, 9.17) is 5.73 Å². The van der Waals surface area contributed by atoms with Crippen molar-refractivity contribution < 1.29 is 0 Å². The molecule has 0 aromatic rings. The van der Waals surface area contributed by atoms with Gasteiger partial charge in [-0.1, -0.05) is 0 Å². The summed E-state index contributed by atoms with van der Waals surface area (Å²) in [5, 5.41) is 0. The maximum atomic E-state index is 5.58. The lowest BCUT2D eigenvalue weighted by molar-refractivity contribution is 0.200. The van der Waals surface area contributed by atoms with Crippen LogP contribution in [0.1, 0.15) is 39.0 Å². The van der Waals surface area contributed by atoms with Crippen molar-refractivity contribution in [2.24, 2.45) is 5.73 Å². The second-order valence-electron chi connectivity index (χ2n) is 5.46. The average molecular weight is 225 g/mol. The number of nitrogens with zero attached hydrogens (tertiary/aromatic N) is 2. The Balaban J connectivity index is 1.73. The van der Waals surface area contributed by atoms with E-state index in [1.54, 1.807) is 0 Å². The Morgan fingerprint density at radius 1 is 1.25 bits per heavy atom. The highest BCUT2D eigenvalue weighted by Gasteiger charge is 2.30. The van der Waals surface area contributed by atoms with Gasteiger partial charge in [0.25, 0.3) is 0 Å². The zero-order valence-electron chi connectivity index (χ0n) is 10.7. The number of hydrogen-bond acceptors (Lipinski definition) is 3. The van der Waals surface area contributed by atoms with Gasteiger partial charge in [0.1, 0.15) is 0 Å². The van der Waals surface area contributed by atoms with E-state index in [0.717, 1.165) is 18.6 Å². The molecule has 0 amide bonds. The standard InChI is InChI=1S/C13H27N3/c1-12(5-4-7-14)16-10-6-13(11-16)15-8-2-3-9-15/h12-13H,2-11,14H2,1H3. The van der Waals surface area contributed by atoms with Crippen molar-refractivity contribution in [1.29, 1.82) is 0 Å². The molecule has 2 N–H and O–H groups in total. The predicted molar refractivity (Wildman–Crippen MR) is 68.5 cm³/mol. The van der Waals surface area contributed by atoms with Crippen LogP contribution in [0.5, 0.6) is 0 Å². The molecule has 0 aromatic heterocycles. The maximum absolute atomic E-state index is 5.58. The van der Waals surface area contributed by atoms with E-state index in [9.17, 15) is 0 Å². The van der Waals surface area contributed by atoms with Gasteiger partial charge in [-0.15, -0.1) is 0 Å². The van der Waals surface area contributed by atoms with Crippen molar-refractivity contribution in [2.75, 3.05) is 32.7 Å². The van der Waals surface area contributed by atoms with Crippen molar-refractivity contribution in [3.63, 3.8) is 0 Å². The molecule has 2 saturated heterocycles. The van der Waals surface area contributed by atoms with Crippen LogP contribution in [0.15, 0.2) is 0 Å². The fourth-order valence-corrected chi connectivity index (χ4v) is 3.17. The van der Waals surface area contributed by atoms with E-state index in [2.05, 4.69) is 16.7 Å². The monoisotopic (exact) mass is 225 g/mol. The molecule has 0 aromatic carbocycles. The summed E-state index contributed by atoms with van der Waals surface area (Å²) in [4.78, 5) is 5.37. The lowest BCUT2D eigenvalue weighted by Crippen LogP contribution is -2.38. The van der Waals surface area contributed by atoms with Gasteiger partial charge in [-0.05, 0) is 58.7 Å². The Hall–Kier alpha value is -0.120. The first-order valence-electron chi connectivity index (χ1n) is 6.99. The largest absolute Gasteiger partial charge is 0.330 e. The summed E-state index contributed by atoms with van der Waals surface area (Å²) >= 11 is 0. The van der Waals surface area contributed by atoms with Crippen LogP contribution >= 0.6 is 0 Å². The summed E-state index contributed by atoms with van der Waals surface area (Å²) in [6.07, 6.45) is 6.65. The Morgan fingerprint density at radius 3 is 2.69 bits per heavy atom. The van der Waals surface area contributed by atoms with Crippen molar-refractivity contribution in [3.8, 4) is 0 Å². The molecule has 0 saturated carbocycles. The van der Waals surface area contributed by atoms with Crippen LogP contribution in [0, 0.1) is 0 Å². The maximum Gasteiger partial charge on any atom is 0.0235 e. The van der Waals surface area contributed by atoms with E-state index < -0.39 is 0 Å². The summed E-state index contributed by atoms with van der Waals surface area (Å²) in [5.41, 5.74) is 5.58. The molecule has 2 rings (SSSR count). The summed E-state index contributed by atoms with van der Waals surface area (Å²) in [5.74, 6) is 0. The smallest absolute Gasteiger partial charge is 0.0235 e. The Bertz CT molecular complexity index is 201. The van der Waals surface area contributed by atoms with Gasteiger partial charge in [0.05, 0.1) is 0 Å². The van der Waals surface area contributed by atoms with Gasteiger partial charge < -0.3 is 5.73 Å². The van der Waals surface area contributed by atoms with Crippen LogP contribution in [-0.2, 0) is 0 Å². The van der Waals surface area contributed by atoms with Gasteiger partial charge in [0.2, 0.25) is 0 Å². The molecule has 0 radical (unpaired) electrons. The fraction of sp³-hybridized carbons (Fsp3) is 1.00. The molecule has 2 aliphatic rings. The summed E-state index contributed by atoms with van der Waals surface area (Å²) in [7, 11) is 0. The lowest BCUT2D eigenvalue weighted by atomic mass is 10.1. The molecular weight excluding hydrogens is 198 g/mol. The average Bonchev–Trinajstić information content (AvgIpc) is 2.94. The molecule has 2 heterocycles. The molecule has 16 heavy (non-hydrogen) atoms. The second-order valence-corrected chi connectivity index (χ2v) is 5.46. The first-order chi connectivity index (χ1) is 7.81.